The molecule has 0 aromatic heterocycles. The van der Waals surface area contributed by atoms with Crippen LogP contribution in [0.25, 0.3) is 0 Å². The number of aliphatic imine (C=N–C) groups is 1. The van der Waals surface area contributed by atoms with Crippen LogP contribution in [0, 0.1) is 0 Å². The zero-order valence-electron chi connectivity index (χ0n) is 9.05. The SMILES string of the molecule is FC(F)C(=Nc1ccccc1)c1ccccc1. The van der Waals surface area contributed by atoms with Crippen molar-refractivity contribution in [1.82, 2.24) is 0 Å². The van der Waals surface area contributed by atoms with E-state index in [0.29, 0.717) is 11.3 Å². The molecule has 0 bridgehead atoms. The first-order valence-corrected chi connectivity index (χ1v) is 5.24. The Morgan fingerprint density at radius 1 is 0.824 bits per heavy atom. The van der Waals surface area contributed by atoms with Gasteiger partial charge in [-0.1, -0.05) is 48.5 Å². The Morgan fingerprint density at radius 3 is 1.88 bits per heavy atom. The van der Waals surface area contributed by atoms with Crippen molar-refractivity contribution in [3.63, 3.8) is 0 Å². The van der Waals surface area contributed by atoms with Crippen LogP contribution in [-0.4, -0.2) is 12.1 Å². The lowest BCUT2D eigenvalue weighted by Gasteiger charge is -2.05. The smallest absolute Gasteiger partial charge is 0.247 e. The van der Waals surface area contributed by atoms with Gasteiger partial charge in [0.1, 0.15) is 5.71 Å². The normalized spacial score (nSPS) is 11.8. The van der Waals surface area contributed by atoms with Crippen LogP contribution in [0.2, 0.25) is 0 Å². The van der Waals surface area contributed by atoms with E-state index in [1.54, 1.807) is 54.6 Å². The molecule has 0 aliphatic carbocycles. The molecule has 2 rings (SSSR count). The van der Waals surface area contributed by atoms with E-state index in [9.17, 15) is 8.78 Å². The molecular formula is C14H11F2N. The van der Waals surface area contributed by atoms with E-state index < -0.39 is 6.43 Å². The summed E-state index contributed by atoms with van der Waals surface area (Å²) in [6.45, 7) is 0. The Kier molecular flexibility index (Phi) is 3.60. The summed E-state index contributed by atoms with van der Waals surface area (Å²) in [6, 6.07) is 17.3. The van der Waals surface area contributed by atoms with E-state index in [2.05, 4.69) is 4.99 Å². The van der Waals surface area contributed by atoms with Crippen molar-refractivity contribution in [2.75, 3.05) is 0 Å². The number of alkyl halides is 2. The maximum absolute atomic E-state index is 12.9. The first-order chi connectivity index (χ1) is 8.27. The van der Waals surface area contributed by atoms with Gasteiger partial charge in [-0.25, -0.2) is 13.8 Å². The lowest BCUT2D eigenvalue weighted by molar-refractivity contribution is 0.226. The minimum Gasteiger partial charge on any atom is -0.247 e. The molecule has 0 fully saturated rings. The van der Waals surface area contributed by atoms with Crippen LogP contribution < -0.4 is 0 Å². The highest BCUT2D eigenvalue weighted by Crippen LogP contribution is 2.16. The van der Waals surface area contributed by atoms with Crippen LogP contribution in [0.1, 0.15) is 5.56 Å². The molecule has 0 amide bonds. The van der Waals surface area contributed by atoms with Gasteiger partial charge in [0, 0.05) is 5.56 Å². The molecule has 0 saturated carbocycles. The second-order valence-electron chi connectivity index (χ2n) is 3.50. The van der Waals surface area contributed by atoms with E-state index >= 15 is 0 Å². The highest BCUT2D eigenvalue weighted by atomic mass is 19.3. The highest BCUT2D eigenvalue weighted by molar-refractivity contribution is 6.04. The fourth-order valence-electron chi connectivity index (χ4n) is 1.49. The molecule has 0 saturated heterocycles. The summed E-state index contributed by atoms with van der Waals surface area (Å²) in [7, 11) is 0. The first-order valence-electron chi connectivity index (χ1n) is 5.24. The van der Waals surface area contributed by atoms with Gasteiger partial charge in [0.15, 0.2) is 0 Å². The number of para-hydroxylation sites is 1. The number of hydrogen-bond acceptors (Lipinski definition) is 1. The molecule has 0 N–H and O–H groups in total. The van der Waals surface area contributed by atoms with Crippen molar-refractivity contribution in [2.24, 2.45) is 4.99 Å². The lowest BCUT2D eigenvalue weighted by Crippen LogP contribution is -2.11. The number of halogens is 2. The third-order valence-electron chi connectivity index (χ3n) is 2.28. The molecule has 86 valence electrons. The minimum absolute atomic E-state index is 0.197. The van der Waals surface area contributed by atoms with Crippen LogP contribution in [0.5, 0.6) is 0 Å². The van der Waals surface area contributed by atoms with Gasteiger partial charge in [-0.15, -0.1) is 0 Å². The van der Waals surface area contributed by atoms with Crippen molar-refractivity contribution in [3.05, 3.63) is 66.2 Å². The third kappa shape index (κ3) is 2.97. The highest BCUT2D eigenvalue weighted by Gasteiger charge is 2.15. The summed E-state index contributed by atoms with van der Waals surface area (Å²) in [5.41, 5.74) is 0.787. The zero-order chi connectivity index (χ0) is 12.1. The fourth-order valence-corrected chi connectivity index (χ4v) is 1.49. The zero-order valence-corrected chi connectivity index (χ0v) is 9.05. The van der Waals surface area contributed by atoms with E-state index in [0.717, 1.165) is 0 Å². The average Bonchev–Trinajstić information content (AvgIpc) is 2.38. The number of hydrogen-bond donors (Lipinski definition) is 0. The van der Waals surface area contributed by atoms with Crippen molar-refractivity contribution in [3.8, 4) is 0 Å². The largest absolute Gasteiger partial charge is 0.280 e. The van der Waals surface area contributed by atoms with Gasteiger partial charge in [-0.2, -0.15) is 0 Å². The standard InChI is InChI=1S/C14H11F2N/c15-14(16)13(11-7-3-1-4-8-11)17-12-9-5-2-6-10-12/h1-10,14H. The second-order valence-corrected chi connectivity index (χ2v) is 3.50. The predicted octanol–water partition coefficient (Wildman–Crippen LogP) is 4.07. The summed E-state index contributed by atoms with van der Waals surface area (Å²) in [4.78, 5) is 4.00. The summed E-state index contributed by atoms with van der Waals surface area (Å²) in [6.07, 6.45) is -2.59. The molecule has 0 radical (unpaired) electrons. The third-order valence-corrected chi connectivity index (χ3v) is 2.28. The Bertz CT molecular complexity index is 492. The molecule has 2 aromatic rings. The molecule has 2 aromatic carbocycles. The Hall–Kier alpha value is -2.03. The quantitative estimate of drug-likeness (QED) is 0.706. The molecule has 0 spiro atoms. The van der Waals surface area contributed by atoms with E-state index in [4.69, 9.17) is 0 Å². The van der Waals surface area contributed by atoms with Gasteiger partial charge >= 0.3 is 0 Å². The van der Waals surface area contributed by atoms with Gasteiger partial charge in [0.05, 0.1) is 5.69 Å². The maximum Gasteiger partial charge on any atom is 0.280 e. The van der Waals surface area contributed by atoms with Crippen LogP contribution in [0.3, 0.4) is 0 Å². The number of rotatable bonds is 3. The van der Waals surface area contributed by atoms with Crippen LogP contribution in [0.4, 0.5) is 14.5 Å². The van der Waals surface area contributed by atoms with Crippen molar-refractivity contribution < 1.29 is 8.78 Å². The molecule has 0 heterocycles. The molecule has 17 heavy (non-hydrogen) atoms. The molecule has 3 heteroatoms. The van der Waals surface area contributed by atoms with Gasteiger partial charge in [-0.05, 0) is 12.1 Å². The molecule has 1 nitrogen and oxygen atoms in total. The monoisotopic (exact) mass is 231 g/mol. The molecule has 0 atom stereocenters. The maximum atomic E-state index is 12.9. The van der Waals surface area contributed by atoms with E-state index in [-0.39, 0.29) is 5.71 Å². The molecule has 0 aliphatic heterocycles. The van der Waals surface area contributed by atoms with E-state index in [1.165, 1.54) is 0 Å². The number of benzene rings is 2. The van der Waals surface area contributed by atoms with Crippen molar-refractivity contribution >= 4 is 11.4 Å². The Balaban J connectivity index is 2.40. The topological polar surface area (TPSA) is 12.4 Å². The summed E-state index contributed by atoms with van der Waals surface area (Å²) >= 11 is 0. The summed E-state index contributed by atoms with van der Waals surface area (Å²) < 4.78 is 25.9. The minimum atomic E-state index is -2.59. The second kappa shape index (κ2) is 5.34. The van der Waals surface area contributed by atoms with Crippen LogP contribution in [-0.2, 0) is 0 Å². The molecule has 0 unspecified atom stereocenters. The predicted molar refractivity (Wildman–Crippen MR) is 65.1 cm³/mol. The molecular weight excluding hydrogens is 220 g/mol. The fraction of sp³-hybridized carbons (Fsp3) is 0.0714. The van der Waals surface area contributed by atoms with Gasteiger partial charge in [0.25, 0.3) is 6.43 Å². The lowest BCUT2D eigenvalue weighted by atomic mass is 10.1. The summed E-state index contributed by atoms with van der Waals surface area (Å²) in [5.74, 6) is 0. The van der Waals surface area contributed by atoms with Gasteiger partial charge < -0.3 is 0 Å². The van der Waals surface area contributed by atoms with Crippen molar-refractivity contribution in [2.45, 2.75) is 6.43 Å². The van der Waals surface area contributed by atoms with Gasteiger partial charge in [0.2, 0.25) is 0 Å². The number of nitrogens with zero attached hydrogens (tertiary/aromatic N) is 1. The average molecular weight is 231 g/mol. The van der Waals surface area contributed by atoms with Gasteiger partial charge in [-0.3, -0.25) is 0 Å². The Labute approximate surface area is 98.4 Å². The first kappa shape index (κ1) is 11.5. The summed E-state index contributed by atoms with van der Waals surface area (Å²) in [5, 5.41) is 0. The Morgan fingerprint density at radius 2 is 1.35 bits per heavy atom. The molecule has 0 aliphatic rings. The van der Waals surface area contributed by atoms with E-state index in [1.807, 2.05) is 6.07 Å². The van der Waals surface area contributed by atoms with Crippen LogP contribution >= 0.6 is 0 Å². The van der Waals surface area contributed by atoms with Crippen molar-refractivity contribution in [1.29, 1.82) is 0 Å². The van der Waals surface area contributed by atoms with Crippen LogP contribution in [0.15, 0.2) is 65.7 Å².